The Balaban J connectivity index is 0.000000142. The molecule has 10 rings (SSSR count). The van der Waals surface area contributed by atoms with Crippen molar-refractivity contribution in [3.05, 3.63) is 217 Å². The van der Waals surface area contributed by atoms with Crippen molar-refractivity contribution in [3.8, 4) is 34.1 Å². The van der Waals surface area contributed by atoms with Crippen molar-refractivity contribution in [3.63, 3.8) is 0 Å². The van der Waals surface area contributed by atoms with Gasteiger partial charge in [0.15, 0.2) is 0 Å². The van der Waals surface area contributed by atoms with Crippen molar-refractivity contribution in [1.82, 2.24) is 24.3 Å². The minimum Gasteiger partial charge on any atom is -0.573 e. The molecule has 0 saturated carbocycles. The SMILES string of the molecule is Cc1cc[c-]c(-n2[c-][n+](-c3cccc(C)c3)c3ccccc32)c1.Cc1cc[c-]c(-n2[c-][n+](-c3cccc(C)c3)c3ccccc32)c1.FC(F)(F)c1cc(-c2ccccn2)[n-]n1.[Ir]. The van der Waals surface area contributed by atoms with Crippen LogP contribution in [0, 0.1) is 52.5 Å². The standard InChI is InChI=1S/2C21H17N2.C9H5F3N3.Ir/c2*1-16-7-5-9-18(13-16)22-15-23(19-10-6-8-17(2)14-19)21-12-4-3-11-20(21)22;10-9(11,12)8-5-7(14-15-8)6-3-1-2-4-13-6;/h2*3-9,11-14H,1-2H3;1-5H;/q3*-1;. The third kappa shape index (κ3) is 9.65. The Bertz CT molecular complexity index is 2770. The molecular weight excluding hydrogens is 960 g/mol. The molecule has 4 aromatic heterocycles. The molecule has 0 amide bonds. The van der Waals surface area contributed by atoms with Gasteiger partial charge in [0.2, 0.25) is 0 Å². The number of nitrogens with zero attached hydrogens (tertiary/aromatic N) is 7. The summed E-state index contributed by atoms with van der Waals surface area (Å²) in [6, 6.07) is 58.4. The van der Waals surface area contributed by atoms with E-state index in [-0.39, 0.29) is 25.8 Å². The Hall–Kier alpha value is -6.94. The Kier molecular flexibility index (Phi) is 13.1. The number of hydrogen-bond acceptors (Lipinski definition) is 2. The van der Waals surface area contributed by atoms with E-state index in [0.29, 0.717) is 5.69 Å². The van der Waals surface area contributed by atoms with E-state index in [4.69, 9.17) is 0 Å². The molecule has 10 aromatic rings. The summed E-state index contributed by atoms with van der Waals surface area (Å²) in [6.07, 6.45) is 3.98. The van der Waals surface area contributed by atoms with Crippen LogP contribution >= 0.6 is 0 Å². The van der Waals surface area contributed by atoms with E-state index in [1.165, 1.54) is 28.5 Å². The number of hydrogen-bond donors (Lipinski definition) is 0. The molecule has 0 saturated heterocycles. The van der Waals surface area contributed by atoms with Crippen LogP contribution in [0.2, 0.25) is 0 Å². The predicted molar refractivity (Wildman–Crippen MR) is 230 cm³/mol. The van der Waals surface area contributed by atoms with Gasteiger partial charge < -0.3 is 19.3 Å². The maximum absolute atomic E-state index is 12.2. The van der Waals surface area contributed by atoms with Crippen LogP contribution in [0.3, 0.4) is 0 Å². The summed E-state index contributed by atoms with van der Waals surface area (Å²) in [4.78, 5) is 3.87. The van der Waals surface area contributed by atoms with Crippen molar-refractivity contribution in [1.29, 1.82) is 0 Å². The van der Waals surface area contributed by atoms with Crippen LogP contribution in [0.25, 0.3) is 56.2 Å². The zero-order valence-corrected chi connectivity index (χ0v) is 36.6. The monoisotopic (exact) mass is 999 g/mol. The van der Waals surface area contributed by atoms with Crippen molar-refractivity contribution >= 4 is 22.1 Å². The van der Waals surface area contributed by atoms with Crippen LogP contribution < -0.4 is 14.2 Å². The van der Waals surface area contributed by atoms with Gasteiger partial charge in [-0.2, -0.15) is 72.8 Å². The molecule has 0 fully saturated rings. The largest absolute Gasteiger partial charge is 0.573 e. The van der Waals surface area contributed by atoms with Crippen molar-refractivity contribution < 1.29 is 42.4 Å². The average molecular weight is 999 g/mol. The molecule has 0 spiro atoms. The van der Waals surface area contributed by atoms with E-state index in [2.05, 4.69) is 207 Å². The fraction of sp³-hybridized carbons (Fsp3) is 0.0980. The van der Waals surface area contributed by atoms with Crippen LogP contribution in [-0.2, 0) is 26.3 Å². The second kappa shape index (κ2) is 18.8. The first kappa shape index (κ1) is 43.2. The summed E-state index contributed by atoms with van der Waals surface area (Å²) in [5.74, 6) is 0. The Morgan fingerprint density at radius 1 is 0.548 bits per heavy atom. The summed E-state index contributed by atoms with van der Waals surface area (Å²) in [7, 11) is 0. The first-order chi connectivity index (χ1) is 29.5. The molecule has 0 atom stereocenters. The Morgan fingerprint density at radius 3 is 1.47 bits per heavy atom. The summed E-state index contributed by atoms with van der Waals surface area (Å²) in [5.41, 5.74) is 13.2. The van der Waals surface area contributed by atoms with Gasteiger partial charge in [-0.15, -0.1) is 0 Å². The first-order valence-electron chi connectivity index (χ1n) is 19.5. The molecule has 7 nitrogen and oxygen atoms in total. The molecule has 6 aromatic carbocycles. The van der Waals surface area contributed by atoms with Gasteiger partial charge in [-0.05, 0) is 67.7 Å². The van der Waals surface area contributed by atoms with Crippen molar-refractivity contribution in [2.24, 2.45) is 0 Å². The molecular formula is C51H39F3IrN7-3. The number of pyridine rings is 1. The number of imidazole rings is 2. The topological polar surface area (TPSA) is 57.5 Å². The van der Waals surface area contributed by atoms with Crippen LogP contribution in [0.1, 0.15) is 27.9 Å². The van der Waals surface area contributed by atoms with Gasteiger partial charge in [-0.1, -0.05) is 110 Å². The minimum atomic E-state index is -4.46. The number of rotatable bonds is 5. The fourth-order valence-electron chi connectivity index (χ4n) is 6.85. The second-order valence-corrected chi connectivity index (χ2v) is 14.5. The molecule has 0 bridgehead atoms. The molecule has 311 valence electrons. The van der Waals surface area contributed by atoms with Crippen LogP contribution in [0.4, 0.5) is 13.2 Å². The van der Waals surface area contributed by atoms with E-state index in [1.54, 1.807) is 18.2 Å². The Labute approximate surface area is 371 Å². The molecule has 0 aliphatic rings. The summed E-state index contributed by atoms with van der Waals surface area (Å²) in [6.45, 7) is 8.41. The van der Waals surface area contributed by atoms with E-state index in [0.717, 1.165) is 50.9 Å². The third-order valence-electron chi connectivity index (χ3n) is 9.77. The molecule has 4 heterocycles. The summed E-state index contributed by atoms with van der Waals surface area (Å²) in [5, 5.41) is 6.47. The van der Waals surface area contributed by atoms with Gasteiger partial charge in [0.1, 0.15) is 5.69 Å². The second-order valence-electron chi connectivity index (χ2n) is 14.5. The van der Waals surface area contributed by atoms with Gasteiger partial charge in [-0.3, -0.25) is 14.1 Å². The number of halogens is 3. The maximum atomic E-state index is 12.2. The van der Waals surface area contributed by atoms with Gasteiger partial charge >= 0.3 is 6.18 Å². The van der Waals surface area contributed by atoms with Crippen LogP contribution in [-0.4, -0.2) is 19.2 Å². The molecule has 1 radical (unpaired) electrons. The van der Waals surface area contributed by atoms with Crippen molar-refractivity contribution in [2.75, 3.05) is 0 Å². The fourth-order valence-corrected chi connectivity index (χ4v) is 6.85. The number of fused-ring (bicyclic) bond motifs is 2. The number of para-hydroxylation sites is 4. The van der Waals surface area contributed by atoms with E-state index >= 15 is 0 Å². The quantitative estimate of drug-likeness (QED) is 0.128. The smallest absolute Gasteiger partial charge is 0.431 e. The first-order valence-corrected chi connectivity index (χ1v) is 19.5. The zero-order chi connectivity index (χ0) is 42.5. The van der Waals surface area contributed by atoms with E-state index in [9.17, 15) is 13.2 Å². The van der Waals surface area contributed by atoms with Gasteiger partial charge in [0.05, 0.1) is 33.4 Å². The van der Waals surface area contributed by atoms with E-state index in [1.807, 2.05) is 12.1 Å². The minimum absolute atomic E-state index is 0. The number of aromatic nitrogens is 7. The van der Waals surface area contributed by atoms with Crippen molar-refractivity contribution in [2.45, 2.75) is 33.9 Å². The maximum Gasteiger partial charge on any atom is 0.431 e. The molecule has 11 heteroatoms. The number of benzene rings is 6. The average Bonchev–Trinajstić information content (AvgIpc) is 4.02. The normalized spacial score (nSPS) is 11.0. The Morgan fingerprint density at radius 2 is 1.03 bits per heavy atom. The van der Waals surface area contributed by atoms with Gasteiger partial charge in [-0.25, -0.2) is 0 Å². The molecule has 0 N–H and O–H groups in total. The number of aryl methyl sites for hydroxylation is 4. The third-order valence-corrected chi connectivity index (χ3v) is 9.77. The van der Waals surface area contributed by atoms with Gasteiger partial charge in [0.25, 0.3) is 12.7 Å². The van der Waals surface area contributed by atoms with Gasteiger partial charge in [0, 0.05) is 32.0 Å². The number of alkyl halides is 3. The van der Waals surface area contributed by atoms with E-state index < -0.39 is 11.9 Å². The summed E-state index contributed by atoms with van der Waals surface area (Å²) < 4.78 is 44.9. The summed E-state index contributed by atoms with van der Waals surface area (Å²) >= 11 is 0. The molecule has 62 heavy (non-hydrogen) atoms. The van der Waals surface area contributed by atoms with Crippen LogP contribution in [0.5, 0.6) is 0 Å². The molecule has 0 aliphatic heterocycles. The zero-order valence-electron chi connectivity index (χ0n) is 34.2. The van der Waals surface area contributed by atoms with Crippen LogP contribution in [0.15, 0.2) is 164 Å². The predicted octanol–water partition coefficient (Wildman–Crippen LogP) is 10.4. The molecule has 0 unspecified atom stereocenters. The molecule has 0 aliphatic carbocycles.